The van der Waals surface area contributed by atoms with Crippen LogP contribution in [-0.4, -0.2) is 13.6 Å². The standard InChI is InChI=1S/C18H27N/c1-19-13-17-10-5-8-15(17)12-16-9-4-7-14-6-2-3-11-18(14)16/h2-3,6,11,15-17,19H,4-5,7-10,12-13H2,1H3. The lowest BCUT2D eigenvalue weighted by molar-refractivity contribution is 0.318. The van der Waals surface area contributed by atoms with E-state index in [-0.39, 0.29) is 0 Å². The van der Waals surface area contributed by atoms with E-state index in [4.69, 9.17) is 0 Å². The predicted octanol–water partition coefficient (Wildman–Crippen LogP) is 4.13. The maximum absolute atomic E-state index is 3.40. The molecule has 2 aliphatic rings. The zero-order valence-corrected chi connectivity index (χ0v) is 12.2. The SMILES string of the molecule is CNCC1CCCC1CC1CCCc2ccccc21. The molecule has 3 unspecified atom stereocenters. The Morgan fingerprint density at radius 2 is 1.89 bits per heavy atom. The van der Waals surface area contributed by atoms with Crippen molar-refractivity contribution >= 4 is 0 Å². The van der Waals surface area contributed by atoms with E-state index in [1.165, 1.54) is 51.5 Å². The van der Waals surface area contributed by atoms with E-state index >= 15 is 0 Å². The van der Waals surface area contributed by atoms with Crippen molar-refractivity contribution in [2.24, 2.45) is 11.8 Å². The molecule has 0 bridgehead atoms. The van der Waals surface area contributed by atoms with Gasteiger partial charge < -0.3 is 5.32 Å². The van der Waals surface area contributed by atoms with Crippen LogP contribution >= 0.6 is 0 Å². The van der Waals surface area contributed by atoms with Crippen molar-refractivity contribution in [3.63, 3.8) is 0 Å². The van der Waals surface area contributed by atoms with Crippen LogP contribution in [0.4, 0.5) is 0 Å². The fraction of sp³-hybridized carbons (Fsp3) is 0.667. The second-order valence-electron chi connectivity index (χ2n) is 6.53. The Morgan fingerprint density at radius 1 is 1.05 bits per heavy atom. The van der Waals surface area contributed by atoms with Gasteiger partial charge in [0, 0.05) is 0 Å². The number of rotatable bonds is 4. The summed E-state index contributed by atoms with van der Waals surface area (Å²) >= 11 is 0. The fourth-order valence-electron chi connectivity index (χ4n) is 4.42. The van der Waals surface area contributed by atoms with Crippen molar-refractivity contribution in [1.82, 2.24) is 5.32 Å². The molecule has 3 rings (SSSR count). The number of hydrogen-bond acceptors (Lipinski definition) is 1. The molecule has 1 aromatic carbocycles. The van der Waals surface area contributed by atoms with E-state index in [9.17, 15) is 0 Å². The Hall–Kier alpha value is -0.820. The van der Waals surface area contributed by atoms with Crippen LogP contribution in [0.25, 0.3) is 0 Å². The molecule has 0 amide bonds. The van der Waals surface area contributed by atoms with Crippen LogP contribution in [-0.2, 0) is 6.42 Å². The van der Waals surface area contributed by atoms with E-state index in [2.05, 4.69) is 36.6 Å². The molecule has 1 nitrogen and oxygen atoms in total. The van der Waals surface area contributed by atoms with Gasteiger partial charge >= 0.3 is 0 Å². The van der Waals surface area contributed by atoms with Gasteiger partial charge in [-0.15, -0.1) is 0 Å². The molecule has 1 saturated carbocycles. The minimum atomic E-state index is 0.840. The molecule has 0 aliphatic heterocycles. The number of nitrogens with one attached hydrogen (secondary N) is 1. The Kier molecular flexibility index (Phi) is 4.22. The molecule has 0 heterocycles. The van der Waals surface area contributed by atoms with E-state index in [0.29, 0.717) is 0 Å². The van der Waals surface area contributed by atoms with Crippen LogP contribution in [0.1, 0.15) is 55.6 Å². The largest absolute Gasteiger partial charge is 0.319 e. The first-order chi connectivity index (χ1) is 9.38. The van der Waals surface area contributed by atoms with Crippen molar-refractivity contribution in [2.45, 2.75) is 50.9 Å². The summed E-state index contributed by atoms with van der Waals surface area (Å²) in [7, 11) is 2.10. The second-order valence-corrected chi connectivity index (χ2v) is 6.53. The van der Waals surface area contributed by atoms with E-state index in [0.717, 1.165) is 17.8 Å². The molecule has 2 aliphatic carbocycles. The summed E-state index contributed by atoms with van der Waals surface area (Å²) in [6, 6.07) is 9.18. The first-order valence-electron chi connectivity index (χ1n) is 8.11. The zero-order valence-electron chi connectivity index (χ0n) is 12.2. The molecule has 0 saturated heterocycles. The van der Waals surface area contributed by atoms with Gasteiger partial charge in [-0.3, -0.25) is 0 Å². The van der Waals surface area contributed by atoms with Crippen LogP contribution < -0.4 is 5.32 Å². The molecule has 1 N–H and O–H groups in total. The Labute approximate surface area is 117 Å². The summed E-state index contributed by atoms with van der Waals surface area (Å²) in [5.74, 6) is 2.73. The quantitative estimate of drug-likeness (QED) is 0.855. The molecule has 3 atom stereocenters. The van der Waals surface area contributed by atoms with E-state index in [1.807, 2.05) is 0 Å². The highest BCUT2D eigenvalue weighted by molar-refractivity contribution is 5.32. The second kappa shape index (κ2) is 6.09. The van der Waals surface area contributed by atoms with Gasteiger partial charge in [-0.05, 0) is 74.6 Å². The first kappa shape index (κ1) is 13.2. The molecule has 0 spiro atoms. The van der Waals surface area contributed by atoms with Crippen molar-refractivity contribution in [3.05, 3.63) is 35.4 Å². The number of aryl methyl sites for hydroxylation is 1. The summed E-state index contributed by atoms with van der Waals surface area (Å²) in [5, 5.41) is 3.40. The van der Waals surface area contributed by atoms with Crippen LogP contribution in [0, 0.1) is 11.8 Å². The highest BCUT2D eigenvalue weighted by Crippen LogP contribution is 2.42. The average Bonchev–Trinajstić information content (AvgIpc) is 2.87. The number of fused-ring (bicyclic) bond motifs is 1. The van der Waals surface area contributed by atoms with E-state index in [1.54, 1.807) is 11.1 Å². The maximum Gasteiger partial charge on any atom is -0.00209 e. The third-order valence-corrected chi connectivity index (χ3v) is 5.36. The lowest BCUT2D eigenvalue weighted by Gasteiger charge is -2.30. The molecule has 0 radical (unpaired) electrons. The lowest BCUT2D eigenvalue weighted by Crippen LogP contribution is -2.24. The first-order valence-corrected chi connectivity index (χ1v) is 8.11. The van der Waals surface area contributed by atoms with Gasteiger partial charge in [-0.2, -0.15) is 0 Å². The smallest absolute Gasteiger partial charge is 0.00209 e. The highest BCUT2D eigenvalue weighted by atomic mass is 14.8. The van der Waals surface area contributed by atoms with Crippen molar-refractivity contribution in [2.75, 3.05) is 13.6 Å². The Morgan fingerprint density at radius 3 is 2.79 bits per heavy atom. The topological polar surface area (TPSA) is 12.0 Å². The molecule has 1 heteroatoms. The Balaban J connectivity index is 1.70. The molecular weight excluding hydrogens is 230 g/mol. The van der Waals surface area contributed by atoms with Crippen LogP contribution in [0.15, 0.2) is 24.3 Å². The molecule has 0 aromatic heterocycles. The van der Waals surface area contributed by atoms with Gasteiger partial charge in [-0.25, -0.2) is 0 Å². The monoisotopic (exact) mass is 257 g/mol. The van der Waals surface area contributed by atoms with Gasteiger partial charge in [0.1, 0.15) is 0 Å². The van der Waals surface area contributed by atoms with Crippen molar-refractivity contribution < 1.29 is 0 Å². The average molecular weight is 257 g/mol. The molecule has 1 fully saturated rings. The Bertz CT molecular complexity index is 412. The molecule has 104 valence electrons. The third-order valence-electron chi connectivity index (χ3n) is 5.36. The predicted molar refractivity (Wildman–Crippen MR) is 81.5 cm³/mol. The number of hydrogen-bond donors (Lipinski definition) is 1. The molecular formula is C18H27N. The van der Waals surface area contributed by atoms with Crippen LogP contribution in [0.2, 0.25) is 0 Å². The van der Waals surface area contributed by atoms with Crippen molar-refractivity contribution in [3.8, 4) is 0 Å². The summed E-state index contributed by atoms with van der Waals surface area (Å²) < 4.78 is 0. The van der Waals surface area contributed by atoms with Gasteiger partial charge in [0.15, 0.2) is 0 Å². The van der Waals surface area contributed by atoms with Crippen LogP contribution in [0.3, 0.4) is 0 Å². The fourth-order valence-corrected chi connectivity index (χ4v) is 4.42. The summed E-state index contributed by atoms with van der Waals surface area (Å²) in [5.41, 5.74) is 3.30. The lowest BCUT2D eigenvalue weighted by atomic mass is 9.76. The minimum Gasteiger partial charge on any atom is -0.319 e. The molecule has 19 heavy (non-hydrogen) atoms. The third kappa shape index (κ3) is 2.86. The van der Waals surface area contributed by atoms with Gasteiger partial charge in [0.05, 0.1) is 0 Å². The summed E-state index contributed by atoms with van der Waals surface area (Å²) in [6.45, 7) is 1.22. The summed E-state index contributed by atoms with van der Waals surface area (Å²) in [4.78, 5) is 0. The maximum atomic E-state index is 3.40. The minimum absolute atomic E-state index is 0.840. The van der Waals surface area contributed by atoms with Gasteiger partial charge in [-0.1, -0.05) is 37.1 Å². The van der Waals surface area contributed by atoms with Gasteiger partial charge in [0.25, 0.3) is 0 Å². The normalized spacial score (nSPS) is 30.3. The number of benzene rings is 1. The zero-order chi connectivity index (χ0) is 13.1. The van der Waals surface area contributed by atoms with E-state index < -0.39 is 0 Å². The summed E-state index contributed by atoms with van der Waals surface area (Å²) in [6.07, 6.45) is 9.90. The van der Waals surface area contributed by atoms with Crippen LogP contribution in [0.5, 0.6) is 0 Å². The molecule has 1 aromatic rings. The van der Waals surface area contributed by atoms with Gasteiger partial charge in [0.2, 0.25) is 0 Å². The van der Waals surface area contributed by atoms with Crippen molar-refractivity contribution in [1.29, 1.82) is 0 Å². The highest BCUT2D eigenvalue weighted by Gasteiger charge is 2.30.